The van der Waals surface area contributed by atoms with Gasteiger partial charge in [-0.2, -0.15) is 0 Å². The summed E-state index contributed by atoms with van der Waals surface area (Å²) in [6.45, 7) is 8.04. The molecule has 158 valence electrons. The van der Waals surface area contributed by atoms with Crippen LogP contribution in [0.1, 0.15) is 39.0 Å². The van der Waals surface area contributed by atoms with E-state index in [1.807, 2.05) is 0 Å². The van der Waals surface area contributed by atoms with Crippen LogP contribution in [0.5, 0.6) is 0 Å². The highest BCUT2D eigenvalue weighted by atomic mass is 32.2. The average molecular weight is 400 g/mol. The summed E-state index contributed by atoms with van der Waals surface area (Å²) in [6, 6.07) is 0. The summed E-state index contributed by atoms with van der Waals surface area (Å²) in [5.74, 6) is 0. The molecule has 0 spiro atoms. The number of aliphatic hydroxyl groups is 1. The number of hydrogen-bond acceptors (Lipinski definition) is 7. The zero-order valence-electron chi connectivity index (χ0n) is 16.5. The van der Waals surface area contributed by atoms with E-state index in [2.05, 4.69) is 6.92 Å². The minimum Gasteiger partial charge on any atom is -0.748 e. The van der Waals surface area contributed by atoms with Gasteiger partial charge in [-0.3, -0.25) is 4.48 Å². The number of methoxy groups -OCH3 is 1. The summed E-state index contributed by atoms with van der Waals surface area (Å²) in [5, 5.41) is 8.65. The third-order valence-corrected chi connectivity index (χ3v) is 4.41. The lowest BCUT2D eigenvalue weighted by molar-refractivity contribution is -0.975. The Hall–Kier alpha value is -0.290. The average Bonchev–Trinajstić information content (AvgIpc) is 2.59. The van der Waals surface area contributed by atoms with Crippen LogP contribution < -0.4 is 0 Å². The van der Waals surface area contributed by atoms with E-state index in [9.17, 15) is 0 Å². The van der Waals surface area contributed by atoms with Crippen molar-refractivity contribution in [3.05, 3.63) is 0 Å². The van der Waals surface area contributed by atoms with Crippen molar-refractivity contribution in [3.8, 4) is 0 Å². The summed E-state index contributed by atoms with van der Waals surface area (Å²) in [6.07, 6.45) is 7.15. The Morgan fingerprint density at radius 3 is 2.19 bits per heavy atom. The molecule has 0 aliphatic carbocycles. The molecule has 0 aromatic heterocycles. The minimum atomic E-state index is -3.92. The number of unbranched alkanes of at least 4 members (excludes halogenated alkanes) is 1. The van der Waals surface area contributed by atoms with Gasteiger partial charge in [-0.25, -0.2) is 8.42 Å². The number of hydrogen-bond donors (Lipinski definition) is 1. The van der Waals surface area contributed by atoms with Gasteiger partial charge in [0.05, 0.1) is 56.2 Å². The number of rotatable bonds is 12. The van der Waals surface area contributed by atoms with E-state index in [4.69, 9.17) is 32.3 Å². The molecule has 9 heteroatoms. The van der Waals surface area contributed by atoms with E-state index in [1.54, 1.807) is 7.11 Å². The summed E-state index contributed by atoms with van der Waals surface area (Å²) < 4.78 is 45.0. The number of quaternary nitrogens is 1. The quantitative estimate of drug-likeness (QED) is 0.296. The highest BCUT2D eigenvalue weighted by Crippen LogP contribution is 2.25. The third kappa shape index (κ3) is 13.0. The molecule has 1 saturated heterocycles. The zero-order chi connectivity index (χ0) is 19.9. The van der Waals surface area contributed by atoms with Gasteiger partial charge in [0.2, 0.25) is 6.23 Å². The van der Waals surface area contributed by atoms with Crippen molar-refractivity contribution in [2.75, 3.05) is 66.0 Å². The molecule has 0 saturated carbocycles. The van der Waals surface area contributed by atoms with Crippen LogP contribution in [0.3, 0.4) is 0 Å². The fourth-order valence-electron chi connectivity index (χ4n) is 3.19. The van der Waals surface area contributed by atoms with Crippen LogP contribution in [0.2, 0.25) is 0 Å². The van der Waals surface area contributed by atoms with Crippen LogP contribution in [0, 0.1) is 0 Å². The number of piperidine rings is 1. The number of ether oxygens (including phenoxy) is 3. The second kappa shape index (κ2) is 14.7. The molecule has 1 rings (SSSR count). The van der Waals surface area contributed by atoms with Crippen molar-refractivity contribution in [2.24, 2.45) is 0 Å². The van der Waals surface area contributed by atoms with E-state index in [0.29, 0.717) is 32.7 Å². The molecule has 1 fully saturated rings. The SMILES string of the molecule is CCCC[N+]1(C(COCCOCCO)OC)CCCCC1.CS(=O)(=O)[O-]. The molecular formula is C17H37NO7S. The molecule has 1 atom stereocenters. The van der Waals surface area contributed by atoms with E-state index < -0.39 is 10.1 Å². The first-order chi connectivity index (χ1) is 12.3. The van der Waals surface area contributed by atoms with Gasteiger partial charge in [0.1, 0.15) is 6.61 Å². The van der Waals surface area contributed by atoms with Crippen molar-refractivity contribution in [1.82, 2.24) is 0 Å². The van der Waals surface area contributed by atoms with Crippen molar-refractivity contribution in [2.45, 2.75) is 45.3 Å². The Balaban J connectivity index is 0.00000110. The lowest BCUT2D eigenvalue weighted by atomic mass is 10.1. The molecular weight excluding hydrogens is 362 g/mol. The van der Waals surface area contributed by atoms with Crippen LogP contribution in [0.25, 0.3) is 0 Å². The van der Waals surface area contributed by atoms with Gasteiger partial charge >= 0.3 is 0 Å². The Kier molecular flexibility index (Phi) is 14.6. The van der Waals surface area contributed by atoms with Crippen molar-refractivity contribution in [3.63, 3.8) is 0 Å². The maximum absolute atomic E-state index is 9.08. The first kappa shape index (κ1) is 25.7. The maximum atomic E-state index is 9.08. The molecule has 1 unspecified atom stereocenters. The van der Waals surface area contributed by atoms with Crippen LogP contribution in [0.4, 0.5) is 0 Å². The zero-order valence-corrected chi connectivity index (χ0v) is 17.3. The summed E-state index contributed by atoms with van der Waals surface area (Å²) >= 11 is 0. The lowest BCUT2D eigenvalue weighted by Gasteiger charge is -2.46. The molecule has 1 N–H and O–H groups in total. The highest BCUT2D eigenvalue weighted by molar-refractivity contribution is 7.84. The van der Waals surface area contributed by atoms with Crippen LogP contribution in [-0.2, 0) is 24.3 Å². The van der Waals surface area contributed by atoms with Gasteiger partial charge in [-0.1, -0.05) is 13.3 Å². The molecule has 0 amide bonds. The van der Waals surface area contributed by atoms with Crippen molar-refractivity contribution < 1.29 is 36.8 Å². The number of aliphatic hydroxyl groups excluding tert-OH is 1. The molecule has 0 aromatic carbocycles. The Morgan fingerprint density at radius 2 is 1.69 bits per heavy atom. The molecule has 1 aliphatic heterocycles. The molecule has 0 aromatic rings. The predicted molar refractivity (Wildman–Crippen MR) is 98.8 cm³/mol. The molecule has 0 bridgehead atoms. The largest absolute Gasteiger partial charge is 0.748 e. The van der Waals surface area contributed by atoms with Gasteiger partial charge in [0.15, 0.2) is 0 Å². The van der Waals surface area contributed by atoms with Crippen LogP contribution in [0.15, 0.2) is 0 Å². The van der Waals surface area contributed by atoms with Gasteiger partial charge in [-0.05, 0) is 25.7 Å². The summed E-state index contributed by atoms with van der Waals surface area (Å²) in [5.41, 5.74) is 0. The topological polar surface area (TPSA) is 105 Å². The van der Waals surface area contributed by atoms with Crippen LogP contribution >= 0.6 is 0 Å². The standard InChI is InChI=1S/C16H34NO4.CH4O3S/c1-3-4-8-17(9-6-5-7-10-17)16(19-2)15-21-14-13-20-12-11-18;1-5(2,3)4/h16,18H,3-15H2,1-2H3;1H3,(H,2,3,4)/q+1;/p-1. The minimum absolute atomic E-state index is 0.0672. The highest BCUT2D eigenvalue weighted by Gasteiger charge is 2.38. The lowest BCUT2D eigenvalue weighted by Crippen LogP contribution is -2.60. The first-order valence-corrected chi connectivity index (χ1v) is 11.2. The normalized spacial score (nSPS) is 18.0. The fourth-order valence-corrected chi connectivity index (χ4v) is 3.19. The Morgan fingerprint density at radius 1 is 1.12 bits per heavy atom. The Bertz CT molecular complexity index is 417. The van der Waals surface area contributed by atoms with E-state index >= 15 is 0 Å². The summed E-state index contributed by atoms with van der Waals surface area (Å²) in [4.78, 5) is 0. The van der Waals surface area contributed by atoms with E-state index in [-0.39, 0.29) is 12.8 Å². The van der Waals surface area contributed by atoms with Gasteiger partial charge in [0.25, 0.3) is 0 Å². The maximum Gasteiger partial charge on any atom is 0.216 e. The molecule has 0 radical (unpaired) electrons. The van der Waals surface area contributed by atoms with Gasteiger partial charge in [0, 0.05) is 13.4 Å². The predicted octanol–water partition coefficient (Wildman–Crippen LogP) is 0.947. The second-order valence-corrected chi connectivity index (χ2v) is 8.02. The molecule has 1 heterocycles. The smallest absolute Gasteiger partial charge is 0.216 e. The van der Waals surface area contributed by atoms with Gasteiger partial charge in [-0.15, -0.1) is 0 Å². The van der Waals surface area contributed by atoms with Gasteiger partial charge < -0.3 is 23.9 Å². The van der Waals surface area contributed by atoms with Crippen molar-refractivity contribution >= 4 is 10.1 Å². The van der Waals surface area contributed by atoms with Crippen LogP contribution in [-0.4, -0.2) is 94.8 Å². The van der Waals surface area contributed by atoms with E-state index in [1.165, 1.54) is 51.7 Å². The molecule has 8 nitrogen and oxygen atoms in total. The number of nitrogens with zero attached hydrogens (tertiary/aromatic N) is 1. The monoisotopic (exact) mass is 399 g/mol. The Labute approximate surface area is 158 Å². The third-order valence-electron chi connectivity index (χ3n) is 4.41. The second-order valence-electron chi connectivity index (χ2n) is 6.61. The summed E-state index contributed by atoms with van der Waals surface area (Å²) in [7, 11) is -2.11. The fraction of sp³-hybridized carbons (Fsp3) is 1.00. The van der Waals surface area contributed by atoms with E-state index in [0.717, 1.165) is 4.48 Å². The number of likely N-dealkylation sites (tertiary alicyclic amines) is 1. The first-order valence-electron chi connectivity index (χ1n) is 9.35. The molecule has 1 aliphatic rings. The molecule has 26 heavy (non-hydrogen) atoms. The van der Waals surface area contributed by atoms with Crippen molar-refractivity contribution in [1.29, 1.82) is 0 Å².